The van der Waals surface area contributed by atoms with E-state index in [4.69, 9.17) is 15.2 Å². The lowest BCUT2D eigenvalue weighted by atomic mass is 10.3. The summed E-state index contributed by atoms with van der Waals surface area (Å²) < 4.78 is 23.9. The molecule has 0 aliphatic carbocycles. The summed E-state index contributed by atoms with van der Waals surface area (Å²) in [4.78, 5) is 8.25. The number of hydrogen-bond acceptors (Lipinski definition) is 6. The Labute approximate surface area is 122 Å². The van der Waals surface area contributed by atoms with E-state index in [-0.39, 0.29) is 12.4 Å². The molecule has 0 aliphatic heterocycles. The molecule has 7 heteroatoms. The minimum absolute atomic E-state index is 0.213. The van der Waals surface area contributed by atoms with Crippen LogP contribution in [0.2, 0.25) is 0 Å². The van der Waals surface area contributed by atoms with Crippen LogP contribution in [0.15, 0.2) is 24.3 Å². The number of anilines is 3. The quantitative estimate of drug-likeness (QED) is 0.851. The third kappa shape index (κ3) is 4.03. The van der Waals surface area contributed by atoms with Gasteiger partial charge < -0.3 is 20.5 Å². The van der Waals surface area contributed by atoms with Crippen molar-refractivity contribution >= 4 is 17.3 Å². The lowest BCUT2D eigenvalue weighted by Gasteiger charge is -2.10. The highest BCUT2D eigenvalue weighted by Crippen LogP contribution is 2.23. The van der Waals surface area contributed by atoms with Crippen molar-refractivity contribution in [2.24, 2.45) is 0 Å². The van der Waals surface area contributed by atoms with Crippen LogP contribution in [0.4, 0.5) is 21.7 Å². The molecule has 1 heterocycles. The van der Waals surface area contributed by atoms with Crippen LogP contribution in [0, 0.1) is 5.82 Å². The van der Waals surface area contributed by atoms with E-state index >= 15 is 0 Å². The maximum atomic E-state index is 13.8. The van der Waals surface area contributed by atoms with Gasteiger partial charge in [0, 0.05) is 24.9 Å². The monoisotopic (exact) mass is 292 g/mol. The summed E-state index contributed by atoms with van der Waals surface area (Å²) in [6.45, 7) is 2.45. The van der Waals surface area contributed by atoms with Gasteiger partial charge in [0.15, 0.2) is 17.4 Å². The molecule has 0 aliphatic rings. The third-order valence-corrected chi connectivity index (χ3v) is 2.57. The maximum absolute atomic E-state index is 13.8. The van der Waals surface area contributed by atoms with Gasteiger partial charge in [0.2, 0.25) is 0 Å². The average Bonchev–Trinajstić information content (AvgIpc) is 2.42. The predicted octanol–water partition coefficient (Wildman–Crippen LogP) is 2.49. The van der Waals surface area contributed by atoms with Gasteiger partial charge in [-0.15, -0.1) is 0 Å². The van der Waals surface area contributed by atoms with Crippen molar-refractivity contribution < 1.29 is 13.9 Å². The number of methoxy groups -OCH3 is 1. The zero-order chi connectivity index (χ0) is 15.2. The van der Waals surface area contributed by atoms with E-state index in [9.17, 15) is 4.39 Å². The van der Waals surface area contributed by atoms with Crippen molar-refractivity contribution in [1.29, 1.82) is 0 Å². The molecule has 0 unspecified atom stereocenters. The molecular weight excluding hydrogens is 275 g/mol. The van der Waals surface area contributed by atoms with Gasteiger partial charge in [-0.2, -0.15) is 0 Å². The maximum Gasteiger partial charge on any atom is 0.167 e. The van der Waals surface area contributed by atoms with Gasteiger partial charge in [0.25, 0.3) is 0 Å². The number of ether oxygens (including phenoxy) is 2. The fourth-order valence-corrected chi connectivity index (χ4v) is 1.77. The second-order valence-electron chi connectivity index (χ2n) is 4.23. The number of aromatic nitrogens is 2. The minimum atomic E-state index is -0.444. The Morgan fingerprint density at radius 2 is 2.10 bits per heavy atom. The lowest BCUT2D eigenvalue weighted by molar-refractivity contribution is 0.178. The van der Waals surface area contributed by atoms with Crippen LogP contribution >= 0.6 is 0 Å². The molecule has 21 heavy (non-hydrogen) atoms. The SMILES string of the molecule is CCOc1ccc(Nc2cc(N)nc(COC)n2)cc1F. The number of nitrogen functional groups attached to an aromatic ring is 1. The van der Waals surface area contributed by atoms with Gasteiger partial charge >= 0.3 is 0 Å². The van der Waals surface area contributed by atoms with Crippen LogP contribution in [-0.2, 0) is 11.3 Å². The normalized spacial score (nSPS) is 10.4. The van der Waals surface area contributed by atoms with Gasteiger partial charge in [-0.25, -0.2) is 14.4 Å². The molecule has 6 nitrogen and oxygen atoms in total. The molecule has 2 rings (SSSR count). The Kier molecular flexibility index (Phi) is 4.89. The van der Waals surface area contributed by atoms with Crippen LogP contribution in [0.25, 0.3) is 0 Å². The molecule has 0 fully saturated rings. The molecule has 0 atom stereocenters. The number of nitrogens with two attached hydrogens (primary N) is 1. The van der Waals surface area contributed by atoms with Gasteiger partial charge in [-0.1, -0.05) is 0 Å². The summed E-state index contributed by atoms with van der Waals surface area (Å²) in [7, 11) is 1.54. The summed E-state index contributed by atoms with van der Waals surface area (Å²) in [5.74, 6) is 1.00. The fourth-order valence-electron chi connectivity index (χ4n) is 1.77. The molecule has 1 aromatic heterocycles. The first-order chi connectivity index (χ1) is 10.1. The Morgan fingerprint density at radius 3 is 2.76 bits per heavy atom. The Bertz CT molecular complexity index is 622. The van der Waals surface area contributed by atoms with Gasteiger partial charge in [-0.05, 0) is 19.1 Å². The van der Waals surface area contributed by atoms with Crippen molar-refractivity contribution in [1.82, 2.24) is 9.97 Å². The first-order valence-electron chi connectivity index (χ1n) is 6.44. The molecule has 0 saturated carbocycles. The van der Waals surface area contributed by atoms with Crippen molar-refractivity contribution in [2.45, 2.75) is 13.5 Å². The van der Waals surface area contributed by atoms with E-state index in [0.29, 0.717) is 29.8 Å². The zero-order valence-electron chi connectivity index (χ0n) is 11.9. The van der Waals surface area contributed by atoms with Crippen molar-refractivity contribution in [2.75, 3.05) is 24.8 Å². The van der Waals surface area contributed by atoms with E-state index in [1.807, 2.05) is 0 Å². The van der Waals surface area contributed by atoms with E-state index in [1.54, 1.807) is 32.2 Å². The third-order valence-electron chi connectivity index (χ3n) is 2.57. The van der Waals surface area contributed by atoms with Crippen LogP contribution in [0.5, 0.6) is 5.75 Å². The van der Waals surface area contributed by atoms with Crippen LogP contribution in [-0.4, -0.2) is 23.7 Å². The molecular formula is C14H17FN4O2. The molecule has 0 bridgehead atoms. The van der Waals surface area contributed by atoms with E-state index < -0.39 is 5.82 Å². The molecule has 0 radical (unpaired) electrons. The highest BCUT2D eigenvalue weighted by molar-refractivity contribution is 5.59. The van der Waals surface area contributed by atoms with Gasteiger partial charge in [-0.3, -0.25) is 0 Å². The summed E-state index contributed by atoms with van der Waals surface area (Å²) in [6.07, 6.45) is 0. The predicted molar refractivity (Wildman–Crippen MR) is 78.0 cm³/mol. The Balaban J connectivity index is 2.19. The average molecular weight is 292 g/mol. The van der Waals surface area contributed by atoms with E-state index in [0.717, 1.165) is 0 Å². The van der Waals surface area contributed by atoms with Crippen molar-refractivity contribution in [3.05, 3.63) is 35.9 Å². The molecule has 0 saturated heterocycles. The number of hydrogen-bond donors (Lipinski definition) is 2. The smallest absolute Gasteiger partial charge is 0.167 e. The summed E-state index contributed by atoms with van der Waals surface area (Å²) >= 11 is 0. The Morgan fingerprint density at radius 1 is 1.29 bits per heavy atom. The van der Waals surface area contributed by atoms with Crippen LogP contribution < -0.4 is 15.8 Å². The van der Waals surface area contributed by atoms with Gasteiger partial charge in [0.1, 0.15) is 18.2 Å². The van der Waals surface area contributed by atoms with E-state index in [2.05, 4.69) is 15.3 Å². The standard InChI is InChI=1S/C14H17FN4O2/c1-3-21-11-5-4-9(6-10(11)15)17-13-7-12(16)18-14(19-13)8-20-2/h4-7H,3,8H2,1-2H3,(H3,16,17,18,19). The summed E-state index contributed by atoms with van der Waals surface area (Å²) in [6, 6.07) is 6.15. The number of nitrogens with one attached hydrogen (secondary N) is 1. The second kappa shape index (κ2) is 6.85. The highest BCUT2D eigenvalue weighted by Gasteiger charge is 2.07. The van der Waals surface area contributed by atoms with E-state index in [1.165, 1.54) is 6.07 Å². The van der Waals surface area contributed by atoms with Crippen LogP contribution in [0.3, 0.4) is 0 Å². The molecule has 0 amide bonds. The first kappa shape index (κ1) is 15.0. The zero-order valence-corrected chi connectivity index (χ0v) is 11.9. The van der Waals surface area contributed by atoms with Crippen LogP contribution in [0.1, 0.15) is 12.7 Å². The Hall–Kier alpha value is -2.41. The molecule has 2 aromatic rings. The molecule has 1 aromatic carbocycles. The van der Waals surface area contributed by atoms with Gasteiger partial charge in [0.05, 0.1) is 6.61 Å². The summed E-state index contributed by atoms with van der Waals surface area (Å²) in [5.41, 5.74) is 6.24. The molecule has 0 spiro atoms. The molecule has 3 N–H and O–H groups in total. The number of benzene rings is 1. The number of nitrogens with zero attached hydrogens (tertiary/aromatic N) is 2. The topological polar surface area (TPSA) is 82.3 Å². The van der Waals surface area contributed by atoms with Crippen molar-refractivity contribution in [3.8, 4) is 5.75 Å². The lowest BCUT2D eigenvalue weighted by Crippen LogP contribution is -2.04. The molecule has 112 valence electrons. The number of rotatable bonds is 6. The summed E-state index contributed by atoms with van der Waals surface area (Å²) in [5, 5.41) is 2.97. The highest BCUT2D eigenvalue weighted by atomic mass is 19.1. The first-order valence-corrected chi connectivity index (χ1v) is 6.44. The fraction of sp³-hybridized carbons (Fsp3) is 0.286. The minimum Gasteiger partial charge on any atom is -0.491 e. The van der Waals surface area contributed by atoms with Crippen molar-refractivity contribution in [3.63, 3.8) is 0 Å². The number of halogens is 1. The largest absolute Gasteiger partial charge is 0.491 e. The second-order valence-corrected chi connectivity index (χ2v) is 4.23.